The molecule has 2 atom stereocenters. The molecule has 10 nitrogen and oxygen atoms in total. The van der Waals surface area contributed by atoms with Crippen LogP contribution in [0.25, 0.3) is 0 Å². The molecule has 3 heterocycles. The van der Waals surface area contributed by atoms with Gasteiger partial charge >= 0.3 is 6.09 Å². The smallest absolute Gasteiger partial charge is 0.404 e. The van der Waals surface area contributed by atoms with Crippen LogP contribution in [0.3, 0.4) is 0 Å². The van der Waals surface area contributed by atoms with Crippen LogP contribution in [0.2, 0.25) is 0 Å². The molecule has 1 aromatic heterocycles. The first-order valence-corrected chi connectivity index (χ1v) is 12.6. The van der Waals surface area contributed by atoms with Gasteiger partial charge in [0.25, 0.3) is 5.56 Å². The van der Waals surface area contributed by atoms with Gasteiger partial charge in [0.05, 0.1) is 18.5 Å². The number of carbonyl (C=O) groups is 2. The third kappa shape index (κ3) is 6.23. The monoisotopic (exact) mass is 497 g/mol. The molecule has 36 heavy (non-hydrogen) atoms. The summed E-state index contributed by atoms with van der Waals surface area (Å²) in [5.41, 5.74) is -0.218. The van der Waals surface area contributed by atoms with Crippen molar-refractivity contribution in [2.45, 2.75) is 63.1 Å². The molecule has 2 amide bonds. The molecule has 194 valence electrons. The number of likely N-dealkylation sites (tertiary alicyclic amines) is 1. The van der Waals surface area contributed by atoms with Gasteiger partial charge in [0.15, 0.2) is 0 Å². The maximum Gasteiger partial charge on any atom is 0.404 e. The Labute approximate surface area is 210 Å². The number of hydrogen-bond acceptors (Lipinski definition) is 6. The molecule has 2 fully saturated rings. The van der Waals surface area contributed by atoms with Crippen LogP contribution in [0, 0.1) is 0 Å². The Morgan fingerprint density at radius 1 is 1.19 bits per heavy atom. The highest BCUT2D eigenvalue weighted by Crippen LogP contribution is 2.27. The zero-order valence-electron chi connectivity index (χ0n) is 20.7. The van der Waals surface area contributed by atoms with Crippen molar-refractivity contribution in [1.29, 1.82) is 0 Å². The lowest BCUT2D eigenvalue weighted by molar-refractivity contribution is -0.136. The molecule has 0 saturated carbocycles. The molecule has 10 heteroatoms. The van der Waals surface area contributed by atoms with Gasteiger partial charge in [-0.1, -0.05) is 37.3 Å². The lowest BCUT2D eigenvalue weighted by Crippen LogP contribution is -2.49. The predicted octanol–water partition coefficient (Wildman–Crippen LogP) is 2.03. The van der Waals surface area contributed by atoms with E-state index in [-0.39, 0.29) is 36.5 Å². The van der Waals surface area contributed by atoms with Crippen molar-refractivity contribution >= 4 is 17.8 Å². The molecule has 0 spiro atoms. The van der Waals surface area contributed by atoms with Crippen molar-refractivity contribution in [3.05, 3.63) is 58.6 Å². The second-order valence-corrected chi connectivity index (χ2v) is 10.0. The van der Waals surface area contributed by atoms with Crippen molar-refractivity contribution in [3.63, 3.8) is 0 Å². The minimum absolute atomic E-state index is 0.0421. The summed E-state index contributed by atoms with van der Waals surface area (Å²) in [7, 11) is 0. The maximum atomic E-state index is 12.8. The maximum absolute atomic E-state index is 12.8. The van der Waals surface area contributed by atoms with Crippen LogP contribution >= 0.6 is 0 Å². The number of anilines is 1. The van der Waals surface area contributed by atoms with Crippen molar-refractivity contribution < 1.29 is 19.8 Å². The van der Waals surface area contributed by atoms with E-state index in [9.17, 15) is 19.5 Å². The van der Waals surface area contributed by atoms with Crippen LogP contribution in [0.4, 0.5) is 10.6 Å². The Balaban J connectivity index is 1.32. The van der Waals surface area contributed by atoms with Gasteiger partial charge in [0, 0.05) is 44.7 Å². The van der Waals surface area contributed by atoms with E-state index in [1.807, 2.05) is 42.2 Å². The van der Waals surface area contributed by atoms with Gasteiger partial charge in [-0.25, -0.2) is 9.78 Å². The van der Waals surface area contributed by atoms with Gasteiger partial charge in [-0.3, -0.25) is 14.2 Å². The lowest BCUT2D eigenvalue weighted by atomic mass is 9.90. The first-order valence-electron chi connectivity index (χ1n) is 12.6. The predicted molar refractivity (Wildman–Crippen MR) is 135 cm³/mol. The quantitative estimate of drug-likeness (QED) is 0.509. The topological polar surface area (TPSA) is 128 Å². The number of rotatable bonds is 8. The number of carbonyl (C=O) groups excluding carboxylic acids is 1. The molecule has 0 aliphatic carbocycles. The Morgan fingerprint density at radius 2 is 1.92 bits per heavy atom. The van der Waals surface area contributed by atoms with Crippen LogP contribution < -0.4 is 15.8 Å². The molecule has 2 saturated heterocycles. The van der Waals surface area contributed by atoms with Crippen LogP contribution in [0.1, 0.15) is 50.5 Å². The molecule has 0 radical (unpaired) electrons. The fraction of sp³-hybridized carbons (Fsp3) is 0.538. The summed E-state index contributed by atoms with van der Waals surface area (Å²) in [5, 5.41) is 22.4. The third-order valence-electron chi connectivity index (χ3n) is 7.39. The van der Waals surface area contributed by atoms with Gasteiger partial charge < -0.3 is 25.3 Å². The number of aliphatic hydroxyl groups is 1. The van der Waals surface area contributed by atoms with E-state index < -0.39 is 11.7 Å². The number of piperidine rings is 1. The number of amides is 2. The zero-order valence-corrected chi connectivity index (χ0v) is 20.7. The average molecular weight is 498 g/mol. The molecule has 2 aliphatic heterocycles. The van der Waals surface area contributed by atoms with Crippen LogP contribution in [0.15, 0.2) is 47.5 Å². The van der Waals surface area contributed by atoms with Crippen molar-refractivity contribution in [3.8, 4) is 0 Å². The van der Waals surface area contributed by atoms with E-state index in [4.69, 9.17) is 5.11 Å². The lowest BCUT2D eigenvalue weighted by Gasteiger charge is -2.38. The Hall–Kier alpha value is -3.40. The first kappa shape index (κ1) is 25.7. The Kier molecular flexibility index (Phi) is 7.93. The average Bonchev–Trinajstić information content (AvgIpc) is 3.33. The summed E-state index contributed by atoms with van der Waals surface area (Å²) >= 11 is 0. The first-order chi connectivity index (χ1) is 17.2. The van der Waals surface area contributed by atoms with E-state index in [1.54, 1.807) is 4.90 Å². The largest absolute Gasteiger partial charge is 0.465 e. The van der Waals surface area contributed by atoms with E-state index >= 15 is 0 Å². The van der Waals surface area contributed by atoms with E-state index in [0.717, 1.165) is 18.4 Å². The van der Waals surface area contributed by atoms with Crippen molar-refractivity contribution in [2.24, 2.45) is 0 Å². The van der Waals surface area contributed by atoms with E-state index in [0.29, 0.717) is 44.7 Å². The third-order valence-corrected chi connectivity index (χ3v) is 7.39. The van der Waals surface area contributed by atoms with Crippen LogP contribution in [-0.2, 0) is 11.3 Å². The van der Waals surface area contributed by atoms with Gasteiger partial charge in [-0.05, 0) is 37.2 Å². The Bertz CT molecular complexity index is 1110. The SMILES string of the molecule is CC(CC(=O)N1CCC(O)(Cn2cnc(N3CCCC3CNC(=O)O)cc2=O)CC1)c1ccccc1. The summed E-state index contributed by atoms with van der Waals surface area (Å²) < 4.78 is 1.42. The van der Waals surface area contributed by atoms with E-state index in [2.05, 4.69) is 10.3 Å². The molecule has 2 aromatic rings. The van der Waals surface area contributed by atoms with Crippen LogP contribution in [-0.4, -0.2) is 74.5 Å². The van der Waals surface area contributed by atoms with Gasteiger partial charge in [-0.2, -0.15) is 0 Å². The molecule has 4 rings (SSSR count). The zero-order chi connectivity index (χ0) is 25.7. The second-order valence-electron chi connectivity index (χ2n) is 10.0. The molecule has 0 bridgehead atoms. The highest BCUT2D eigenvalue weighted by molar-refractivity contribution is 5.77. The number of aromatic nitrogens is 2. The number of nitrogens with zero attached hydrogens (tertiary/aromatic N) is 4. The van der Waals surface area contributed by atoms with Gasteiger partial charge in [-0.15, -0.1) is 0 Å². The van der Waals surface area contributed by atoms with E-state index in [1.165, 1.54) is 17.0 Å². The number of nitrogens with one attached hydrogen (secondary N) is 1. The number of hydrogen-bond donors (Lipinski definition) is 3. The molecule has 1 aromatic carbocycles. The summed E-state index contributed by atoms with van der Waals surface area (Å²) in [6.07, 6.45) is 3.31. The molecule has 2 unspecified atom stereocenters. The molecular formula is C26H35N5O5. The summed E-state index contributed by atoms with van der Waals surface area (Å²) in [5.74, 6) is 0.720. The minimum atomic E-state index is -1.09. The molecule has 2 aliphatic rings. The van der Waals surface area contributed by atoms with Crippen LogP contribution in [0.5, 0.6) is 0 Å². The molecular weight excluding hydrogens is 462 g/mol. The second kappa shape index (κ2) is 11.1. The highest BCUT2D eigenvalue weighted by Gasteiger charge is 2.35. The fourth-order valence-electron chi connectivity index (χ4n) is 5.18. The van der Waals surface area contributed by atoms with Gasteiger partial charge in [0.2, 0.25) is 5.91 Å². The number of carboxylic acid groups (broad SMARTS) is 1. The summed E-state index contributed by atoms with van der Waals surface area (Å²) in [6, 6.07) is 11.4. The number of benzene rings is 1. The normalized spacial score (nSPS) is 20.2. The Morgan fingerprint density at radius 3 is 2.58 bits per heavy atom. The summed E-state index contributed by atoms with van der Waals surface area (Å²) in [4.78, 5) is 44.7. The fourth-order valence-corrected chi connectivity index (χ4v) is 5.18. The van der Waals surface area contributed by atoms with Crippen molar-refractivity contribution in [1.82, 2.24) is 19.8 Å². The molecule has 3 N–H and O–H groups in total. The highest BCUT2D eigenvalue weighted by atomic mass is 16.4. The van der Waals surface area contributed by atoms with Crippen molar-refractivity contribution in [2.75, 3.05) is 31.1 Å². The van der Waals surface area contributed by atoms with Gasteiger partial charge in [0.1, 0.15) is 5.82 Å². The standard InChI is InChI=1S/C26H35N5O5/c1-19(20-6-3-2-4-7-20)14-23(32)29-12-9-26(36,10-13-29)17-30-18-28-22(15-24(30)33)31-11-5-8-21(31)16-27-25(34)35/h2-4,6-7,15,18-19,21,27,36H,5,8-14,16-17H2,1H3,(H,34,35). The minimum Gasteiger partial charge on any atom is -0.465 e. The summed E-state index contributed by atoms with van der Waals surface area (Å²) in [6.45, 7) is 4.04.